The molecule has 3 atom stereocenters. The highest BCUT2D eigenvalue weighted by molar-refractivity contribution is 5.74. The molecular formula is C20H31N3O2. The second-order valence-electron chi connectivity index (χ2n) is 7.54. The van der Waals surface area contributed by atoms with Crippen LogP contribution in [0.15, 0.2) is 24.3 Å². The number of benzene rings is 1. The zero-order chi connectivity index (χ0) is 17.8. The van der Waals surface area contributed by atoms with E-state index in [-0.39, 0.29) is 11.9 Å². The second kappa shape index (κ2) is 8.09. The fourth-order valence-electron chi connectivity index (χ4n) is 4.36. The highest BCUT2D eigenvalue weighted by Crippen LogP contribution is 2.30. The van der Waals surface area contributed by atoms with E-state index in [1.807, 2.05) is 18.2 Å². The number of methoxy groups -OCH3 is 1. The quantitative estimate of drug-likeness (QED) is 0.912. The van der Waals surface area contributed by atoms with Gasteiger partial charge >= 0.3 is 6.03 Å². The number of nitrogens with zero attached hydrogens (tertiary/aromatic N) is 2. The predicted molar refractivity (Wildman–Crippen MR) is 100 cm³/mol. The van der Waals surface area contributed by atoms with Crippen LogP contribution in [-0.4, -0.2) is 62.2 Å². The Hall–Kier alpha value is -1.75. The smallest absolute Gasteiger partial charge is 0.317 e. The van der Waals surface area contributed by atoms with Crippen molar-refractivity contribution in [2.45, 2.75) is 38.1 Å². The highest BCUT2D eigenvalue weighted by atomic mass is 16.5. The van der Waals surface area contributed by atoms with Crippen LogP contribution >= 0.6 is 0 Å². The monoisotopic (exact) mass is 345 g/mol. The molecule has 2 fully saturated rings. The summed E-state index contributed by atoms with van der Waals surface area (Å²) in [4.78, 5) is 17.3. The minimum absolute atomic E-state index is 0.0981. The molecule has 2 amide bonds. The van der Waals surface area contributed by atoms with Gasteiger partial charge in [-0.25, -0.2) is 4.79 Å². The van der Waals surface area contributed by atoms with E-state index in [0.717, 1.165) is 43.8 Å². The van der Waals surface area contributed by atoms with E-state index in [1.54, 1.807) is 7.11 Å². The lowest BCUT2D eigenvalue weighted by atomic mass is 9.84. The first-order valence-electron chi connectivity index (χ1n) is 9.46. The summed E-state index contributed by atoms with van der Waals surface area (Å²) in [5, 5.41) is 3.16. The van der Waals surface area contributed by atoms with E-state index in [2.05, 4.69) is 35.2 Å². The fraction of sp³-hybridized carbons (Fsp3) is 0.650. The number of hydrogen-bond donors (Lipinski definition) is 1. The molecule has 0 saturated carbocycles. The number of amides is 2. The van der Waals surface area contributed by atoms with Gasteiger partial charge in [-0.1, -0.05) is 25.1 Å². The zero-order valence-corrected chi connectivity index (χ0v) is 15.7. The van der Waals surface area contributed by atoms with E-state index in [0.29, 0.717) is 18.5 Å². The Balaban J connectivity index is 1.58. The molecule has 0 aliphatic carbocycles. The van der Waals surface area contributed by atoms with Gasteiger partial charge in [0.05, 0.1) is 7.11 Å². The second-order valence-corrected chi connectivity index (χ2v) is 7.54. The highest BCUT2D eigenvalue weighted by Gasteiger charge is 2.37. The lowest BCUT2D eigenvalue weighted by Gasteiger charge is -2.46. The van der Waals surface area contributed by atoms with Crippen LogP contribution in [0, 0.1) is 5.92 Å². The third-order valence-corrected chi connectivity index (χ3v) is 5.76. The SMILES string of the molecule is COc1ccccc1[C@H](C)CNC(=O)N1CCC[C@H]2CN(C)CC[C@H]21. The van der Waals surface area contributed by atoms with Crippen LogP contribution in [0.2, 0.25) is 0 Å². The lowest BCUT2D eigenvalue weighted by molar-refractivity contribution is 0.0533. The van der Waals surface area contributed by atoms with Crippen LogP contribution < -0.4 is 10.1 Å². The molecule has 5 heteroatoms. The van der Waals surface area contributed by atoms with Crippen molar-refractivity contribution in [3.05, 3.63) is 29.8 Å². The van der Waals surface area contributed by atoms with E-state index in [4.69, 9.17) is 4.74 Å². The average molecular weight is 345 g/mol. The maximum atomic E-state index is 12.8. The number of urea groups is 1. The van der Waals surface area contributed by atoms with Crippen molar-refractivity contribution in [3.63, 3.8) is 0 Å². The molecule has 1 aromatic carbocycles. The maximum Gasteiger partial charge on any atom is 0.317 e. The van der Waals surface area contributed by atoms with Gasteiger partial charge in [-0.15, -0.1) is 0 Å². The van der Waals surface area contributed by atoms with Gasteiger partial charge in [0.2, 0.25) is 0 Å². The molecule has 2 aliphatic rings. The van der Waals surface area contributed by atoms with E-state index in [9.17, 15) is 4.79 Å². The standard InChI is InChI=1S/C20H31N3O2/c1-15(17-8-4-5-9-19(17)25-3)13-21-20(24)23-11-6-7-16-14-22(2)12-10-18(16)23/h4-5,8-9,15-16,18H,6-7,10-14H2,1-3H3,(H,21,24)/t15-,16+,18-/m1/s1. The topological polar surface area (TPSA) is 44.8 Å². The number of carbonyl (C=O) groups is 1. The molecule has 0 aromatic heterocycles. The van der Waals surface area contributed by atoms with Crippen molar-refractivity contribution in [2.24, 2.45) is 5.92 Å². The molecule has 0 bridgehead atoms. The summed E-state index contributed by atoms with van der Waals surface area (Å²) in [5.41, 5.74) is 1.14. The van der Waals surface area contributed by atoms with Gasteiger partial charge < -0.3 is 19.9 Å². The lowest BCUT2D eigenvalue weighted by Crippen LogP contribution is -2.57. The van der Waals surface area contributed by atoms with E-state index < -0.39 is 0 Å². The Morgan fingerprint density at radius 2 is 2.12 bits per heavy atom. The van der Waals surface area contributed by atoms with Crippen LogP contribution in [0.25, 0.3) is 0 Å². The van der Waals surface area contributed by atoms with Gasteiger partial charge in [0.15, 0.2) is 0 Å². The first kappa shape index (κ1) is 18.1. The van der Waals surface area contributed by atoms with Crippen LogP contribution in [0.4, 0.5) is 4.79 Å². The number of ether oxygens (including phenoxy) is 1. The van der Waals surface area contributed by atoms with Crippen LogP contribution in [0.3, 0.4) is 0 Å². The number of rotatable bonds is 4. The summed E-state index contributed by atoms with van der Waals surface area (Å²) >= 11 is 0. The molecular weight excluding hydrogens is 314 g/mol. The Kier molecular flexibility index (Phi) is 5.84. The Bertz CT molecular complexity index is 592. The Morgan fingerprint density at radius 3 is 2.92 bits per heavy atom. The van der Waals surface area contributed by atoms with Crippen molar-refractivity contribution >= 4 is 6.03 Å². The molecule has 0 spiro atoms. The molecule has 5 nitrogen and oxygen atoms in total. The van der Waals surface area contributed by atoms with Gasteiger partial charge in [-0.2, -0.15) is 0 Å². The number of fused-ring (bicyclic) bond motifs is 1. The third kappa shape index (κ3) is 4.09. The van der Waals surface area contributed by atoms with Gasteiger partial charge in [0.1, 0.15) is 5.75 Å². The Morgan fingerprint density at radius 1 is 1.32 bits per heavy atom. The van der Waals surface area contributed by atoms with Gasteiger partial charge in [0, 0.05) is 31.6 Å². The van der Waals surface area contributed by atoms with E-state index in [1.165, 1.54) is 6.42 Å². The summed E-state index contributed by atoms with van der Waals surface area (Å²) in [6.45, 7) is 5.86. The average Bonchev–Trinajstić information content (AvgIpc) is 2.65. The first-order valence-corrected chi connectivity index (χ1v) is 9.46. The summed E-state index contributed by atoms with van der Waals surface area (Å²) in [5.74, 6) is 1.74. The predicted octanol–water partition coefficient (Wildman–Crippen LogP) is 2.92. The third-order valence-electron chi connectivity index (χ3n) is 5.76. The summed E-state index contributed by atoms with van der Waals surface area (Å²) in [6, 6.07) is 8.55. The fourth-order valence-corrected chi connectivity index (χ4v) is 4.36. The van der Waals surface area contributed by atoms with Crippen molar-refractivity contribution in [3.8, 4) is 5.75 Å². The molecule has 1 N–H and O–H groups in total. The molecule has 25 heavy (non-hydrogen) atoms. The van der Waals surface area contributed by atoms with Gasteiger partial charge in [0.25, 0.3) is 0 Å². The van der Waals surface area contributed by atoms with Crippen molar-refractivity contribution in [1.29, 1.82) is 0 Å². The molecule has 1 aromatic rings. The summed E-state index contributed by atoms with van der Waals surface area (Å²) < 4.78 is 5.44. The number of likely N-dealkylation sites (tertiary alicyclic amines) is 2. The number of hydrogen-bond acceptors (Lipinski definition) is 3. The molecule has 2 aliphatic heterocycles. The van der Waals surface area contributed by atoms with Crippen molar-refractivity contribution in [2.75, 3.05) is 40.3 Å². The van der Waals surface area contributed by atoms with Crippen molar-refractivity contribution < 1.29 is 9.53 Å². The van der Waals surface area contributed by atoms with Crippen LogP contribution in [0.1, 0.15) is 37.7 Å². The molecule has 3 rings (SSSR count). The number of piperidine rings is 2. The first-order chi connectivity index (χ1) is 12.1. The normalized spacial score (nSPS) is 25.2. The van der Waals surface area contributed by atoms with Crippen LogP contribution in [-0.2, 0) is 0 Å². The molecule has 0 radical (unpaired) electrons. The number of nitrogens with one attached hydrogen (secondary N) is 1. The maximum absolute atomic E-state index is 12.8. The van der Waals surface area contributed by atoms with Gasteiger partial charge in [-0.3, -0.25) is 0 Å². The zero-order valence-electron chi connectivity index (χ0n) is 15.7. The molecule has 2 saturated heterocycles. The van der Waals surface area contributed by atoms with Gasteiger partial charge in [-0.05, 0) is 50.4 Å². The number of carbonyl (C=O) groups excluding carboxylic acids is 1. The molecule has 138 valence electrons. The summed E-state index contributed by atoms with van der Waals surface area (Å²) in [7, 11) is 3.88. The largest absolute Gasteiger partial charge is 0.496 e. The summed E-state index contributed by atoms with van der Waals surface area (Å²) in [6.07, 6.45) is 3.46. The molecule has 0 unspecified atom stereocenters. The minimum Gasteiger partial charge on any atom is -0.496 e. The molecule has 2 heterocycles. The number of para-hydroxylation sites is 1. The van der Waals surface area contributed by atoms with Crippen molar-refractivity contribution in [1.82, 2.24) is 15.1 Å². The Labute approximate surface area is 151 Å². The van der Waals surface area contributed by atoms with Crippen LogP contribution in [0.5, 0.6) is 5.75 Å². The minimum atomic E-state index is 0.0981. The van der Waals surface area contributed by atoms with E-state index >= 15 is 0 Å².